The van der Waals surface area contributed by atoms with E-state index in [0.29, 0.717) is 6.42 Å². The summed E-state index contributed by atoms with van der Waals surface area (Å²) >= 11 is 0. The fraction of sp³-hybridized carbons (Fsp3) is 0.636. The van der Waals surface area contributed by atoms with Crippen LogP contribution in [0.4, 0.5) is 4.39 Å². The molecule has 1 aromatic rings. The van der Waals surface area contributed by atoms with Gasteiger partial charge in [-0.1, -0.05) is 12.1 Å². The molecule has 4 aliphatic rings. The second-order valence-corrected chi connectivity index (χ2v) is 8.95. The fourth-order valence-electron chi connectivity index (χ4n) is 5.83. The molecule has 1 atom stereocenters. The molecule has 0 aliphatic heterocycles. The van der Waals surface area contributed by atoms with Crippen molar-refractivity contribution in [1.82, 2.24) is 5.32 Å². The largest absolute Gasteiger partial charge is 0.453 e. The van der Waals surface area contributed by atoms with Crippen LogP contribution in [0.15, 0.2) is 24.3 Å². The van der Waals surface area contributed by atoms with Crippen molar-refractivity contribution in [2.75, 3.05) is 0 Å². The monoisotopic (exact) mass is 373 g/mol. The van der Waals surface area contributed by atoms with Crippen LogP contribution in [0.1, 0.15) is 57.4 Å². The van der Waals surface area contributed by atoms with Crippen molar-refractivity contribution in [2.24, 2.45) is 17.8 Å². The first-order chi connectivity index (χ1) is 12.9. The van der Waals surface area contributed by atoms with Crippen molar-refractivity contribution < 1.29 is 18.7 Å². The maximum atomic E-state index is 12.9. The number of carbonyl (C=O) groups excluding carboxylic acids is 2. The van der Waals surface area contributed by atoms with Crippen LogP contribution in [0.25, 0.3) is 0 Å². The average Bonchev–Trinajstić information content (AvgIpc) is 2.59. The molecule has 4 bridgehead atoms. The van der Waals surface area contributed by atoms with Gasteiger partial charge in [0.15, 0.2) is 6.10 Å². The second kappa shape index (κ2) is 7.25. The standard InChI is InChI=1S/C22H28FNO3/c1-14(27-20(25)7-4-15-2-5-19(23)6-3-15)21(26)24-22-11-16-8-17(12-22)10-18(9-16)13-22/h2-3,5-6,14,16-18H,4,7-13H2,1H3,(H,24,26)/t14-,16?,17?,18?,22?/m0/s1. The summed E-state index contributed by atoms with van der Waals surface area (Å²) in [4.78, 5) is 24.7. The summed E-state index contributed by atoms with van der Waals surface area (Å²) in [5, 5.41) is 3.25. The van der Waals surface area contributed by atoms with E-state index in [-0.39, 0.29) is 23.7 Å². The lowest BCUT2D eigenvalue weighted by Crippen LogP contribution is -2.61. The highest BCUT2D eigenvalue weighted by molar-refractivity contribution is 5.84. The molecule has 4 saturated carbocycles. The van der Waals surface area contributed by atoms with Crippen molar-refractivity contribution in [3.05, 3.63) is 35.6 Å². The van der Waals surface area contributed by atoms with E-state index in [0.717, 1.165) is 42.6 Å². The van der Waals surface area contributed by atoms with Crippen LogP contribution in [0, 0.1) is 23.6 Å². The third kappa shape index (κ3) is 4.17. The molecule has 0 unspecified atom stereocenters. The zero-order chi connectivity index (χ0) is 19.0. The van der Waals surface area contributed by atoms with Gasteiger partial charge in [0.2, 0.25) is 0 Å². The molecule has 5 rings (SSSR count). The molecule has 4 aliphatic carbocycles. The Morgan fingerprint density at radius 1 is 1.11 bits per heavy atom. The van der Waals surface area contributed by atoms with E-state index in [4.69, 9.17) is 4.74 Å². The van der Waals surface area contributed by atoms with Crippen LogP contribution < -0.4 is 5.32 Å². The van der Waals surface area contributed by atoms with E-state index in [2.05, 4.69) is 5.32 Å². The van der Waals surface area contributed by atoms with Crippen molar-refractivity contribution in [1.29, 1.82) is 0 Å². The summed E-state index contributed by atoms with van der Waals surface area (Å²) in [6, 6.07) is 6.07. The number of nitrogens with one attached hydrogen (secondary N) is 1. The minimum atomic E-state index is -0.779. The first-order valence-electron chi connectivity index (χ1n) is 10.2. The average molecular weight is 373 g/mol. The van der Waals surface area contributed by atoms with E-state index in [1.165, 1.54) is 31.4 Å². The predicted molar refractivity (Wildman–Crippen MR) is 99.3 cm³/mol. The highest BCUT2D eigenvalue weighted by Crippen LogP contribution is 2.55. The molecule has 4 fully saturated rings. The Hall–Kier alpha value is -1.91. The number of amides is 1. The van der Waals surface area contributed by atoms with Gasteiger partial charge in [0.1, 0.15) is 5.82 Å². The summed E-state index contributed by atoms with van der Waals surface area (Å²) in [5.41, 5.74) is 0.805. The minimum Gasteiger partial charge on any atom is -0.453 e. The van der Waals surface area contributed by atoms with Gasteiger partial charge >= 0.3 is 5.97 Å². The van der Waals surface area contributed by atoms with Crippen molar-refractivity contribution in [2.45, 2.75) is 69.9 Å². The molecule has 0 saturated heterocycles. The van der Waals surface area contributed by atoms with E-state index >= 15 is 0 Å². The smallest absolute Gasteiger partial charge is 0.306 e. The lowest BCUT2D eigenvalue weighted by atomic mass is 9.53. The van der Waals surface area contributed by atoms with Crippen LogP contribution in [0.3, 0.4) is 0 Å². The van der Waals surface area contributed by atoms with Crippen molar-refractivity contribution in [3.63, 3.8) is 0 Å². The van der Waals surface area contributed by atoms with E-state index in [1.807, 2.05) is 0 Å². The molecule has 4 nitrogen and oxygen atoms in total. The quantitative estimate of drug-likeness (QED) is 0.772. The first-order valence-corrected chi connectivity index (χ1v) is 10.2. The third-order valence-electron chi connectivity index (χ3n) is 6.64. The van der Waals surface area contributed by atoms with Gasteiger partial charge < -0.3 is 10.1 Å². The maximum absolute atomic E-state index is 12.9. The van der Waals surface area contributed by atoms with Gasteiger partial charge in [-0.05, 0) is 87.3 Å². The first kappa shape index (κ1) is 18.5. The number of halogens is 1. The molecule has 0 radical (unpaired) electrons. The topological polar surface area (TPSA) is 55.4 Å². The highest BCUT2D eigenvalue weighted by atomic mass is 19.1. The maximum Gasteiger partial charge on any atom is 0.306 e. The van der Waals surface area contributed by atoms with Gasteiger partial charge in [-0.2, -0.15) is 0 Å². The van der Waals surface area contributed by atoms with Crippen LogP contribution in [-0.2, 0) is 20.7 Å². The Morgan fingerprint density at radius 3 is 2.22 bits per heavy atom. The van der Waals surface area contributed by atoms with Crippen LogP contribution in [-0.4, -0.2) is 23.5 Å². The SMILES string of the molecule is C[C@H](OC(=O)CCc1ccc(F)cc1)C(=O)NC12CC3CC(CC(C3)C1)C2. The predicted octanol–water partition coefficient (Wildman–Crippen LogP) is 3.78. The molecule has 0 heterocycles. The minimum absolute atomic E-state index is 0.0688. The molecule has 1 aromatic carbocycles. The van der Waals surface area contributed by atoms with Crippen molar-refractivity contribution >= 4 is 11.9 Å². The zero-order valence-electron chi connectivity index (χ0n) is 15.9. The molecule has 146 valence electrons. The Morgan fingerprint density at radius 2 is 1.67 bits per heavy atom. The molecule has 27 heavy (non-hydrogen) atoms. The van der Waals surface area contributed by atoms with Crippen molar-refractivity contribution in [3.8, 4) is 0 Å². The van der Waals surface area contributed by atoms with Crippen LogP contribution in [0.5, 0.6) is 0 Å². The van der Waals surface area contributed by atoms with E-state index in [9.17, 15) is 14.0 Å². The number of carbonyl (C=O) groups is 2. The van der Waals surface area contributed by atoms with Gasteiger partial charge in [-0.3, -0.25) is 9.59 Å². The summed E-state index contributed by atoms with van der Waals surface area (Å²) in [6.07, 6.45) is 7.08. The molecular weight excluding hydrogens is 345 g/mol. The summed E-state index contributed by atoms with van der Waals surface area (Å²) in [5.74, 6) is 1.40. The van der Waals surface area contributed by atoms with Gasteiger partial charge in [0, 0.05) is 12.0 Å². The molecule has 1 N–H and O–H groups in total. The molecular formula is C22H28FNO3. The number of aryl methyl sites for hydroxylation is 1. The molecule has 0 aromatic heterocycles. The number of hydrogen-bond acceptors (Lipinski definition) is 3. The Kier molecular flexibility index (Phi) is 4.95. The molecule has 5 heteroatoms. The van der Waals surface area contributed by atoms with Crippen LogP contribution >= 0.6 is 0 Å². The number of hydrogen-bond donors (Lipinski definition) is 1. The number of benzene rings is 1. The van der Waals surface area contributed by atoms with E-state index < -0.39 is 12.1 Å². The summed E-state index contributed by atoms with van der Waals surface area (Å²) < 4.78 is 18.3. The normalized spacial score (nSPS) is 32.1. The summed E-state index contributed by atoms with van der Waals surface area (Å²) in [7, 11) is 0. The number of esters is 1. The number of ether oxygens (including phenoxy) is 1. The van der Waals surface area contributed by atoms with Gasteiger partial charge in [0.25, 0.3) is 5.91 Å². The zero-order valence-corrected chi connectivity index (χ0v) is 15.9. The van der Waals surface area contributed by atoms with Gasteiger partial charge in [-0.25, -0.2) is 4.39 Å². The molecule has 1 amide bonds. The third-order valence-corrected chi connectivity index (χ3v) is 6.64. The Labute approximate surface area is 159 Å². The lowest BCUT2D eigenvalue weighted by molar-refractivity contribution is -0.156. The molecule has 0 spiro atoms. The Balaban J connectivity index is 1.26. The van der Waals surface area contributed by atoms with Gasteiger partial charge in [-0.15, -0.1) is 0 Å². The Bertz CT molecular complexity index is 679. The lowest BCUT2D eigenvalue weighted by Gasteiger charge is -2.57. The highest BCUT2D eigenvalue weighted by Gasteiger charge is 2.51. The van der Waals surface area contributed by atoms with Gasteiger partial charge in [0.05, 0.1) is 0 Å². The van der Waals surface area contributed by atoms with E-state index in [1.54, 1.807) is 19.1 Å². The second-order valence-electron chi connectivity index (χ2n) is 8.95. The van der Waals surface area contributed by atoms with Crippen LogP contribution in [0.2, 0.25) is 0 Å². The summed E-state index contributed by atoms with van der Waals surface area (Å²) in [6.45, 7) is 1.64. The fourth-order valence-corrected chi connectivity index (χ4v) is 5.83. The number of rotatable bonds is 6.